The van der Waals surface area contributed by atoms with Crippen molar-refractivity contribution in [2.45, 2.75) is 13.1 Å². The van der Waals surface area contributed by atoms with Crippen LogP contribution in [-0.4, -0.2) is 27.2 Å². The molecule has 0 radical (unpaired) electrons. The SMILES string of the molecule is CN=C(NCc1ccccc1Cl)NCc1cccc(OC)c1OC.I. The summed E-state index contributed by atoms with van der Waals surface area (Å²) in [4.78, 5) is 4.23. The number of rotatable bonds is 6. The summed E-state index contributed by atoms with van der Waals surface area (Å²) < 4.78 is 10.8. The smallest absolute Gasteiger partial charge is 0.191 e. The predicted octanol–water partition coefficient (Wildman–Crippen LogP) is 3.84. The second kappa shape index (κ2) is 11.0. The molecular formula is C18H23ClIN3O2. The highest BCUT2D eigenvalue weighted by Crippen LogP contribution is 2.30. The third-order valence-electron chi connectivity index (χ3n) is 3.56. The van der Waals surface area contributed by atoms with Crippen molar-refractivity contribution in [3.05, 3.63) is 58.6 Å². The van der Waals surface area contributed by atoms with Gasteiger partial charge in [0.25, 0.3) is 0 Å². The van der Waals surface area contributed by atoms with Crippen LogP contribution in [0, 0.1) is 0 Å². The number of guanidine groups is 1. The van der Waals surface area contributed by atoms with Crippen molar-refractivity contribution in [1.82, 2.24) is 10.6 Å². The fourth-order valence-corrected chi connectivity index (χ4v) is 2.52. The van der Waals surface area contributed by atoms with Crippen molar-refractivity contribution in [3.63, 3.8) is 0 Å². The number of hydrogen-bond donors (Lipinski definition) is 2. The van der Waals surface area contributed by atoms with Crippen LogP contribution in [0.15, 0.2) is 47.5 Å². The average Bonchev–Trinajstić information content (AvgIpc) is 2.62. The summed E-state index contributed by atoms with van der Waals surface area (Å²) in [5, 5.41) is 7.24. The summed E-state index contributed by atoms with van der Waals surface area (Å²) in [5.41, 5.74) is 2.00. The quantitative estimate of drug-likeness (QED) is 0.379. The Morgan fingerprint density at radius 2 is 1.60 bits per heavy atom. The number of methoxy groups -OCH3 is 2. The molecule has 0 aliphatic rings. The number of para-hydroxylation sites is 1. The zero-order valence-electron chi connectivity index (χ0n) is 14.5. The molecule has 0 saturated heterocycles. The first kappa shape index (κ1) is 21.4. The molecule has 0 bridgehead atoms. The molecule has 2 aromatic carbocycles. The molecule has 2 rings (SSSR count). The molecule has 5 nitrogen and oxygen atoms in total. The van der Waals surface area contributed by atoms with E-state index in [1.54, 1.807) is 21.3 Å². The Morgan fingerprint density at radius 1 is 0.960 bits per heavy atom. The number of halogens is 2. The third-order valence-corrected chi connectivity index (χ3v) is 3.93. The van der Waals surface area contributed by atoms with Crippen molar-refractivity contribution < 1.29 is 9.47 Å². The molecule has 2 N–H and O–H groups in total. The van der Waals surface area contributed by atoms with E-state index in [0.717, 1.165) is 16.1 Å². The molecule has 0 aromatic heterocycles. The maximum absolute atomic E-state index is 6.17. The van der Waals surface area contributed by atoms with Gasteiger partial charge in [-0.15, -0.1) is 24.0 Å². The molecule has 2 aromatic rings. The Kier molecular flexibility index (Phi) is 9.44. The second-order valence-electron chi connectivity index (χ2n) is 5.02. The van der Waals surface area contributed by atoms with Crippen molar-refractivity contribution in [2.24, 2.45) is 4.99 Å². The number of benzene rings is 2. The lowest BCUT2D eigenvalue weighted by Gasteiger charge is -2.15. The van der Waals surface area contributed by atoms with E-state index in [0.29, 0.717) is 30.5 Å². The van der Waals surface area contributed by atoms with Gasteiger partial charge in [-0.05, 0) is 17.7 Å². The zero-order valence-corrected chi connectivity index (χ0v) is 17.6. The molecule has 25 heavy (non-hydrogen) atoms. The van der Waals surface area contributed by atoms with E-state index in [2.05, 4.69) is 15.6 Å². The highest BCUT2D eigenvalue weighted by Gasteiger charge is 2.10. The summed E-state index contributed by atoms with van der Waals surface area (Å²) in [6, 6.07) is 13.5. The van der Waals surface area contributed by atoms with E-state index in [4.69, 9.17) is 21.1 Å². The van der Waals surface area contributed by atoms with Gasteiger partial charge in [0.2, 0.25) is 0 Å². The molecule has 0 amide bonds. The number of hydrogen-bond acceptors (Lipinski definition) is 3. The van der Waals surface area contributed by atoms with Crippen LogP contribution in [0.1, 0.15) is 11.1 Å². The highest BCUT2D eigenvalue weighted by molar-refractivity contribution is 14.0. The van der Waals surface area contributed by atoms with Crippen LogP contribution in [0.3, 0.4) is 0 Å². The Labute approximate surface area is 170 Å². The second-order valence-corrected chi connectivity index (χ2v) is 5.43. The van der Waals surface area contributed by atoms with Crippen LogP contribution < -0.4 is 20.1 Å². The van der Waals surface area contributed by atoms with Crippen LogP contribution in [0.5, 0.6) is 11.5 Å². The lowest BCUT2D eigenvalue weighted by molar-refractivity contribution is 0.351. The molecule has 0 saturated carbocycles. The summed E-state index contributed by atoms with van der Waals surface area (Å²) in [5.74, 6) is 2.10. The van der Waals surface area contributed by atoms with E-state index < -0.39 is 0 Å². The minimum atomic E-state index is 0. The van der Waals surface area contributed by atoms with Gasteiger partial charge >= 0.3 is 0 Å². The first-order chi connectivity index (χ1) is 11.7. The van der Waals surface area contributed by atoms with E-state index in [1.165, 1.54) is 0 Å². The summed E-state index contributed by atoms with van der Waals surface area (Å²) in [6.45, 7) is 1.15. The minimum Gasteiger partial charge on any atom is -0.493 e. The van der Waals surface area contributed by atoms with Crippen LogP contribution in [0.25, 0.3) is 0 Å². The number of ether oxygens (including phenoxy) is 2. The Morgan fingerprint density at radius 3 is 2.20 bits per heavy atom. The van der Waals surface area contributed by atoms with Gasteiger partial charge in [0, 0.05) is 30.7 Å². The van der Waals surface area contributed by atoms with Gasteiger partial charge in [-0.1, -0.05) is 41.9 Å². The molecule has 0 spiro atoms. The predicted molar refractivity (Wildman–Crippen MR) is 113 cm³/mol. The van der Waals surface area contributed by atoms with Crippen molar-refractivity contribution in [1.29, 1.82) is 0 Å². The summed E-state index contributed by atoms with van der Waals surface area (Å²) in [7, 11) is 4.98. The molecule has 0 aliphatic carbocycles. The highest BCUT2D eigenvalue weighted by atomic mass is 127. The standard InChI is InChI=1S/C18H22ClN3O2.HI/c1-20-18(21-11-13-7-4-5-9-15(13)19)22-12-14-8-6-10-16(23-2)17(14)24-3;/h4-10H,11-12H2,1-3H3,(H2,20,21,22);1H. The van der Waals surface area contributed by atoms with Gasteiger partial charge in [-0.3, -0.25) is 4.99 Å². The molecule has 0 fully saturated rings. The zero-order chi connectivity index (χ0) is 17.4. The molecule has 136 valence electrons. The average molecular weight is 476 g/mol. The van der Waals surface area contributed by atoms with Crippen LogP contribution >= 0.6 is 35.6 Å². The summed E-state index contributed by atoms with van der Waals surface area (Å²) >= 11 is 6.17. The first-order valence-electron chi connectivity index (χ1n) is 7.57. The van der Waals surface area contributed by atoms with E-state index >= 15 is 0 Å². The topological polar surface area (TPSA) is 54.9 Å². The Balaban J connectivity index is 0.00000312. The molecule has 0 aliphatic heterocycles. The molecule has 0 atom stereocenters. The number of aliphatic imine (C=N–C) groups is 1. The normalized spacial score (nSPS) is 10.6. The van der Waals surface area contributed by atoms with Gasteiger partial charge in [0.15, 0.2) is 17.5 Å². The molecule has 0 heterocycles. The maximum Gasteiger partial charge on any atom is 0.191 e. The van der Waals surface area contributed by atoms with Crippen LogP contribution in [-0.2, 0) is 13.1 Å². The number of nitrogens with zero attached hydrogens (tertiary/aromatic N) is 1. The molecule has 0 unspecified atom stereocenters. The maximum atomic E-state index is 6.17. The van der Waals surface area contributed by atoms with Crippen LogP contribution in [0.4, 0.5) is 0 Å². The summed E-state index contributed by atoms with van der Waals surface area (Å²) in [6.07, 6.45) is 0. The first-order valence-corrected chi connectivity index (χ1v) is 7.95. The van der Waals surface area contributed by atoms with Gasteiger partial charge in [-0.2, -0.15) is 0 Å². The van der Waals surface area contributed by atoms with E-state index in [9.17, 15) is 0 Å². The van der Waals surface area contributed by atoms with E-state index in [-0.39, 0.29) is 24.0 Å². The molecular weight excluding hydrogens is 453 g/mol. The lowest BCUT2D eigenvalue weighted by Crippen LogP contribution is -2.36. The lowest BCUT2D eigenvalue weighted by atomic mass is 10.2. The van der Waals surface area contributed by atoms with Gasteiger partial charge in [-0.25, -0.2) is 0 Å². The van der Waals surface area contributed by atoms with Gasteiger partial charge in [0.05, 0.1) is 14.2 Å². The van der Waals surface area contributed by atoms with E-state index in [1.807, 2.05) is 42.5 Å². The van der Waals surface area contributed by atoms with Gasteiger partial charge in [0.1, 0.15) is 0 Å². The Bertz CT molecular complexity index is 710. The molecule has 7 heteroatoms. The monoisotopic (exact) mass is 475 g/mol. The van der Waals surface area contributed by atoms with Crippen molar-refractivity contribution in [3.8, 4) is 11.5 Å². The van der Waals surface area contributed by atoms with Gasteiger partial charge < -0.3 is 20.1 Å². The number of nitrogens with one attached hydrogen (secondary N) is 2. The van der Waals surface area contributed by atoms with Crippen molar-refractivity contribution in [2.75, 3.05) is 21.3 Å². The third kappa shape index (κ3) is 5.97. The fourth-order valence-electron chi connectivity index (χ4n) is 2.31. The fraction of sp³-hybridized carbons (Fsp3) is 0.278. The minimum absolute atomic E-state index is 0. The van der Waals surface area contributed by atoms with Crippen LogP contribution in [0.2, 0.25) is 5.02 Å². The Hall–Kier alpha value is -1.67. The van der Waals surface area contributed by atoms with Crippen molar-refractivity contribution >= 4 is 41.5 Å². The largest absolute Gasteiger partial charge is 0.493 e.